The molecule has 6 heteroatoms. The summed E-state index contributed by atoms with van der Waals surface area (Å²) in [6.45, 7) is 1.33. The molecule has 92 valence electrons. The van der Waals surface area contributed by atoms with E-state index in [2.05, 4.69) is 5.32 Å². The van der Waals surface area contributed by atoms with Crippen LogP contribution in [0.1, 0.15) is 17.3 Å². The molecule has 2 N–H and O–H groups in total. The number of rotatable bonds is 4. The monoisotopic (exact) mass is 241 g/mol. The van der Waals surface area contributed by atoms with Crippen LogP contribution in [0.25, 0.3) is 0 Å². The summed E-state index contributed by atoms with van der Waals surface area (Å²) in [5, 5.41) is 10.9. The Morgan fingerprint density at radius 3 is 2.65 bits per heavy atom. The predicted molar refractivity (Wildman–Crippen MR) is 57.5 cm³/mol. The number of hydrogen-bond donors (Lipinski definition) is 2. The first-order valence-electron chi connectivity index (χ1n) is 4.83. The molecule has 0 radical (unpaired) electrons. The Kier molecular flexibility index (Phi) is 4.03. The van der Waals surface area contributed by atoms with Crippen LogP contribution in [-0.2, 0) is 4.79 Å². The maximum atomic E-state index is 13.1. The van der Waals surface area contributed by atoms with Crippen LogP contribution in [0, 0.1) is 5.82 Å². The van der Waals surface area contributed by atoms with E-state index in [0.717, 1.165) is 6.07 Å². The van der Waals surface area contributed by atoms with E-state index in [0.29, 0.717) is 0 Å². The molecule has 1 aromatic rings. The molecule has 0 aliphatic carbocycles. The van der Waals surface area contributed by atoms with Crippen molar-refractivity contribution in [1.82, 2.24) is 5.32 Å². The quantitative estimate of drug-likeness (QED) is 0.825. The van der Waals surface area contributed by atoms with Gasteiger partial charge in [0.2, 0.25) is 0 Å². The standard InChI is InChI=1S/C11H12FNO4/c1-6(11(15)16)13-10(14)7-3-4-8(12)9(5-7)17-2/h3-6H,1-2H3,(H,13,14)(H,15,16). The molecule has 0 aliphatic heterocycles. The summed E-state index contributed by atoms with van der Waals surface area (Å²) >= 11 is 0. The van der Waals surface area contributed by atoms with Crippen molar-refractivity contribution < 1.29 is 23.8 Å². The molecule has 0 saturated heterocycles. The molecular formula is C11H12FNO4. The van der Waals surface area contributed by atoms with Crippen molar-refractivity contribution >= 4 is 11.9 Å². The van der Waals surface area contributed by atoms with Crippen molar-refractivity contribution in [3.05, 3.63) is 29.6 Å². The van der Waals surface area contributed by atoms with Gasteiger partial charge in [-0.25, -0.2) is 4.39 Å². The van der Waals surface area contributed by atoms with E-state index in [9.17, 15) is 14.0 Å². The molecule has 1 atom stereocenters. The van der Waals surface area contributed by atoms with Crippen molar-refractivity contribution in [2.75, 3.05) is 7.11 Å². The number of carboxylic acid groups (broad SMARTS) is 1. The summed E-state index contributed by atoms with van der Waals surface area (Å²) in [7, 11) is 1.28. The van der Waals surface area contributed by atoms with Crippen LogP contribution in [0.2, 0.25) is 0 Å². The number of carbonyl (C=O) groups is 2. The second-order valence-electron chi connectivity index (χ2n) is 3.38. The average molecular weight is 241 g/mol. The molecule has 1 aromatic carbocycles. The maximum absolute atomic E-state index is 13.1. The van der Waals surface area contributed by atoms with Gasteiger partial charge >= 0.3 is 5.97 Å². The molecule has 0 fully saturated rings. The second-order valence-corrected chi connectivity index (χ2v) is 3.38. The Bertz CT molecular complexity index is 447. The minimum atomic E-state index is -1.15. The van der Waals surface area contributed by atoms with Crippen LogP contribution in [0.15, 0.2) is 18.2 Å². The molecule has 5 nitrogen and oxygen atoms in total. The van der Waals surface area contributed by atoms with Gasteiger partial charge in [-0.05, 0) is 25.1 Å². The van der Waals surface area contributed by atoms with Crippen LogP contribution in [0.3, 0.4) is 0 Å². The van der Waals surface area contributed by atoms with E-state index in [1.165, 1.54) is 26.2 Å². The third-order valence-corrected chi connectivity index (χ3v) is 2.13. The van der Waals surface area contributed by atoms with Crippen LogP contribution in [-0.4, -0.2) is 30.1 Å². The average Bonchev–Trinajstić information content (AvgIpc) is 2.29. The summed E-state index contributed by atoms with van der Waals surface area (Å²) in [6, 6.07) is 2.53. The first-order valence-corrected chi connectivity index (χ1v) is 4.83. The lowest BCUT2D eigenvalue weighted by Crippen LogP contribution is -2.38. The fraction of sp³-hybridized carbons (Fsp3) is 0.273. The number of hydrogen-bond acceptors (Lipinski definition) is 3. The highest BCUT2D eigenvalue weighted by molar-refractivity contribution is 5.96. The fourth-order valence-electron chi connectivity index (χ4n) is 1.14. The zero-order valence-corrected chi connectivity index (χ0v) is 9.36. The van der Waals surface area contributed by atoms with Gasteiger partial charge in [0, 0.05) is 5.56 Å². The van der Waals surface area contributed by atoms with Gasteiger partial charge in [-0.2, -0.15) is 0 Å². The first-order chi connectivity index (χ1) is 7.95. The van der Waals surface area contributed by atoms with Gasteiger partial charge in [0.05, 0.1) is 7.11 Å². The van der Waals surface area contributed by atoms with E-state index in [-0.39, 0.29) is 11.3 Å². The van der Waals surface area contributed by atoms with Gasteiger partial charge in [0.25, 0.3) is 5.91 Å². The molecule has 0 saturated carbocycles. The van der Waals surface area contributed by atoms with Crippen molar-refractivity contribution in [3.8, 4) is 5.75 Å². The number of aliphatic carboxylic acids is 1. The van der Waals surface area contributed by atoms with Gasteiger partial charge in [-0.1, -0.05) is 0 Å². The molecule has 1 unspecified atom stereocenters. The number of carboxylic acids is 1. The highest BCUT2D eigenvalue weighted by atomic mass is 19.1. The second kappa shape index (κ2) is 5.29. The first kappa shape index (κ1) is 13.0. The molecule has 1 rings (SSSR count). The van der Waals surface area contributed by atoms with Crippen molar-refractivity contribution in [2.45, 2.75) is 13.0 Å². The Balaban J connectivity index is 2.86. The topological polar surface area (TPSA) is 75.6 Å². The minimum absolute atomic E-state index is 0.0689. The SMILES string of the molecule is COc1cc(C(=O)NC(C)C(=O)O)ccc1F. The molecule has 0 bridgehead atoms. The number of methoxy groups -OCH3 is 1. The summed E-state index contributed by atoms with van der Waals surface area (Å²) in [5.41, 5.74) is 0.136. The lowest BCUT2D eigenvalue weighted by Gasteiger charge is -2.10. The number of halogens is 1. The van der Waals surface area contributed by atoms with E-state index in [1.54, 1.807) is 0 Å². The van der Waals surface area contributed by atoms with Gasteiger partial charge in [-0.15, -0.1) is 0 Å². The van der Waals surface area contributed by atoms with Crippen molar-refractivity contribution in [1.29, 1.82) is 0 Å². The minimum Gasteiger partial charge on any atom is -0.494 e. The van der Waals surface area contributed by atoms with Crippen LogP contribution in [0.5, 0.6) is 5.75 Å². The van der Waals surface area contributed by atoms with E-state index < -0.39 is 23.7 Å². The summed E-state index contributed by atoms with van der Waals surface area (Å²) in [5.74, 6) is -2.40. The lowest BCUT2D eigenvalue weighted by molar-refractivity contribution is -0.138. The predicted octanol–water partition coefficient (Wildman–Crippen LogP) is 1.04. The zero-order valence-electron chi connectivity index (χ0n) is 9.36. The molecule has 17 heavy (non-hydrogen) atoms. The van der Waals surface area contributed by atoms with Gasteiger partial charge < -0.3 is 15.2 Å². The third kappa shape index (κ3) is 3.17. The molecule has 0 spiro atoms. The zero-order chi connectivity index (χ0) is 13.0. The molecular weight excluding hydrogens is 229 g/mol. The lowest BCUT2D eigenvalue weighted by atomic mass is 10.2. The third-order valence-electron chi connectivity index (χ3n) is 2.13. The maximum Gasteiger partial charge on any atom is 0.325 e. The molecule has 1 amide bonds. The Morgan fingerprint density at radius 1 is 1.47 bits per heavy atom. The number of ether oxygens (including phenoxy) is 1. The number of amides is 1. The highest BCUT2D eigenvalue weighted by Crippen LogP contribution is 2.18. The fourth-order valence-corrected chi connectivity index (χ4v) is 1.14. The molecule has 0 heterocycles. The Labute approximate surface area is 97.2 Å². The van der Waals surface area contributed by atoms with Crippen LogP contribution >= 0.6 is 0 Å². The van der Waals surface area contributed by atoms with Crippen molar-refractivity contribution in [2.24, 2.45) is 0 Å². The van der Waals surface area contributed by atoms with Crippen molar-refractivity contribution in [3.63, 3.8) is 0 Å². The number of nitrogens with one attached hydrogen (secondary N) is 1. The normalized spacial score (nSPS) is 11.7. The Morgan fingerprint density at radius 2 is 2.12 bits per heavy atom. The number of benzene rings is 1. The molecule has 0 aromatic heterocycles. The summed E-state index contributed by atoms with van der Waals surface area (Å²) in [6.07, 6.45) is 0. The van der Waals surface area contributed by atoms with E-state index in [1.807, 2.05) is 0 Å². The Hall–Kier alpha value is -2.11. The molecule has 0 aliphatic rings. The number of carbonyl (C=O) groups excluding carboxylic acids is 1. The highest BCUT2D eigenvalue weighted by Gasteiger charge is 2.16. The van der Waals surface area contributed by atoms with Crippen LogP contribution in [0.4, 0.5) is 4.39 Å². The van der Waals surface area contributed by atoms with Gasteiger partial charge in [0.15, 0.2) is 11.6 Å². The summed E-state index contributed by atoms with van der Waals surface area (Å²) in [4.78, 5) is 22.1. The van der Waals surface area contributed by atoms with Crippen LogP contribution < -0.4 is 10.1 Å². The van der Waals surface area contributed by atoms with E-state index in [4.69, 9.17) is 9.84 Å². The van der Waals surface area contributed by atoms with E-state index >= 15 is 0 Å². The summed E-state index contributed by atoms with van der Waals surface area (Å²) < 4.78 is 17.8. The smallest absolute Gasteiger partial charge is 0.325 e. The largest absolute Gasteiger partial charge is 0.494 e. The van der Waals surface area contributed by atoms with Gasteiger partial charge in [0.1, 0.15) is 6.04 Å². The van der Waals surface area contributed by atoms with Gasteiger partial charge in [-0.3, -0.25) is 9.59 Å².